The van der Waals surface area contributed by atoms with Crippen molar-refractivity contribution in [2.45, 2.75) is 26.3 Å². The maximum absolute atomic E-state index is 13.6. The second kappa shape index (κ2) is 8.60. The summed E-state index contributed by atoms with van der Waals surface area (Å²) in [5.41, 5.74) is 6.91. The van der Waals surface area contributed by atoms with Crippen molar-refractivity contribution in [3.05, 3.63) is 69.8 Å². The smallest absolute Gasteiger partial charge is 0.266 e. The Bertz CT molecular complexity index is 1540. The number of rotatable bonds is 6. The zero-order valence-electron chi connectivity index (χ0n) is 18.3. The summed E-state index contributed by atoms with van der Waals surface area (Å²) in [5.74, 6) is 1.68. The van der Waals surface area contributed by atoms with Gasteiger partial charge in [0.1, 0.15) is 23.5 Å². The van der Waals surface area contributed by atoms with E-state index in [0.717, 1.165) is 5.39 Å². The Morgan fingerprint density at radius 2 is 2.15 bits per heavy atom. The van der Waals surface area contributed by atoms with Crippen LogP contribution in [0, 0.1) is 6.92 Å². The lowest BCUT2D eigenvalue weighted by molar-refractivity contribution is 0.425. The molecule has 0 aliphatic carbocycles. The van der Waals surface area contributed by atoms with Crippen LogP contribution in [0.25, 0.3) is 28.0 Å². The molecule has 0 amide bonds. The molecule has 172 valence electrons. The third-order valence-corrected chi connectivity index (χ3v) is 5.75. The molecule has 0 saturated heterocycles. The van der Waals surface area contributed by atoms with Gasteiger partial charge < -0.3 is 15.6 Å². The van der Waals surface area contributed by atoms with E-state index in [1.165, 1.54) is 10.9 Å². The molecule has 1 aromatic carbocycles. The van der Waals surface area contributed by atoms with Crippen LogP contribution in [0.5, 0.6) is 0 Å². The van der Waals surface area contributed by atoms with E-state index >= 15 is 0 Å². The van der Waals surface area contributed by atoms with E-state index in [2.05, 4.69) is 35.6 Å². The van der Waals surface area contributed by atoms with E-state index < -0.39 is 0 Å². The lowest BCUT2D eigenvalue weighted by atomic mass is 10.0. The Morgan fingerprint density at radius 1 is 1.29 bits per heavy atom. The van der Waals surface area contributed by atoms with E-state index in [0.29, 0.717) is 45.5 Å². The number of hydrogen-bond acceptors (Lipinski definition) is 9. The Balaban J connectivity index is 1.69. The minimum atomic E-state index is -0.371. The van der Waals surface area contributed by atoms with Crippen LogP contribution in [-0.4, -0.2) is 34.9 Å². The Labute approximate surface area is 198 Å². The van der Waals surface area contributed by atoms with Gasteiger partial charge in [0.15, 0.2) is 11.6 Å². The van der Waals surface area contributed by atoms with Crippen molar-refractivity contribution in [3.63, 3.8) is 0 Å². The number of nitrogens with zero attached hydrogens (tertiary/aromatic N) is 6. The molecule has 4 N–H and O–H groups in total. The van der Waals surface area contributed by atoms with E-state index in [4.69, 9.17) is 21.9 Å². The van der Waals surface area contributed by atoms with Gasteiger partial charge in [-0.3, -0.25) is 14.5 Å². The number of benzene rings is 1. The van der Waals surface area contributed by atoms with Crippen LogP contribution < -0.4 is 16.6 Å². The number of hydrogen-bond donors (Lipinski definition) is 3. The summed E-state index contributed by atoms with van der Waals surface area (Å²) in [5, 5.41) is 15.7. The average molecular weight is 478 g/mol. The fraction of sp³-hybridized carbons (Fsp3) is 0.182. The first kappa shape index (κ1) is 21.6. The highest BCUT2D eigenvalue weighted by molar-refractivity contribution is 6.35. The van der Waals surface area contributed by atoms with E-state index in [1.54, 1.807) is 25.3 Å². The van der Waals surface area contributed by atoms with Crippen molar-refractivity contribution in [2.24, 2.45) is 0 Å². The second-order valence-electron chi connectivity index (χ2n) is 7.58. The predicted octanol–water partition coefficient (Wildman–Crippen LogP) is 3.66. The first-order chi connectivity index (χ1) is 16.5. The van der Waals surface area contributed by atoms with Gasteiger partial charge in [-0.15, -0.1) is 0 Å². The Morgan fingerprint density at radius 3 is 2.85 bits per heavy atom. The van der Waals surface area contributed by atoms with Gasteiger partial charge in [-0.05, 0) is 30.9 Å². The van der Waals surface area contributed by atoms with Gasteiger partial charge in [-0.2, -0.15) is 10.1 Å². The maximum Gasteiger partial charge on any atom is 0.266 e. The lowest BCUT2D eigenvalue weighted by Crippen LogP contribution is -2.27. The number of fused-ring (bicyclic) bond motifs is 1. The molecule has 0 bridgehead atoms. The second-order valence-corrected chi connectivity index (χ2v) is 7.99. The molecule has 0 saturated carbocycles. The number of aryl methyl sites for hydroxylation is 1. The molecule has 0 spiro atoms. The number of anilines is 2. The molecule has 0 fully saturated rings. The van der Waals surface area contributed by atoms with Crippen LogP contribution in [0.4, 0.5) is 11.6 Å². The summed E-state index contributed by atoms with van der Waals surface area (Å²) in [7, 11) is 0. The fourth-order valence-electron chi connectivity index (χ4n) is 3.88. The number of aromatic amines is 1. The Hall–Kier alpha value is -4.25. The van der Waals surface area contributed by atoms with E-state index in [9.17, 15) is 4.79 Å². The Kier molecular flexibility index (Phi) is 5.46. The molecule has 1 atom stereocenters. The van der Waals surface area contributed by atoms with Crippen LogP contribution in [0.2, 0.25) is 5.02 Å². The lowest BCUT2D eigenvalue weighted by Gasteiger charge is -2.23. The van der Waals surface area contributed by atoms with Gasteiger partial charge in [0.25, 0.3) is 11.4 Å². The number of nitrogens with one attached hydrogen (secondary N) is 2. The summed E-state index contributed by atoms with van der Waals surface area (Å²) in [4.78, 5) is 26.3. The van der Waals surface area contributed by atoms with Crippen molar-refractivity contribution in [2.75, 3.05) is 11.1 Å². The normalized spacial score (nSPS) is 12.2. The van der Waals surface area contributed by atoms with Crippen LogP contribution in [0.3, 0.4) is 0 Å². The fourth-order valence-corrected chi connectivity index (χ4v) is 4.14. The van der Waals surface area contributed by atoms with Gasteiger partial charge in [-0.1, -0.05) is 35.8 Å². The third-order valence-electron chi connectivity index (χ3n) is 5.43. The minimum absolute atomic E-state index is 0.186. The van der Waals surface area contributed by atoms with Crippen molar-refractivity contribution < 1.29 is 4.52 Å². The molecule has 4 aromatic heterocycles. The molecular formula is C22H20ClN9O2. The largest absolute Gasteiger partial charge is 0.383 e. The first-order valence-corrected chi connectivity index (χ1v) is 10.9. The highest BCUT2D eigenvalue weighted by atomic mass is 35.5. The third kappa shape index (κ3) is 3.65. The number of pyridine rings is 1. The molecular weight excluding hydrogens is 458 g/mol. The first-order valence-electron chi connectivity index (χ1n) is 10.5. The summed E-state index contributed by atoms with van der Waals surface area (Å²) in [6, 6.07) is 8.61. The SMILES string of the molecule is CC[C@H](Nc1ncnc(N)c1-c1nc(C)no1)c1cc2cccc(Cl)c2c(=O)n1-c1cc[nH]n1. The summed E-state index contributed by atoms with van der Waals surface area (Å²) >= 11 is 6.39. The van der Waals surface area contributed by atoms with Crippen LogP contribution in [0.1, 0.15) is 30.9 Å². The van der Waals surface area contributed by atoms with Gasteiger partial charge in [0.05, 0.1) is 22.1 Å². The monoisotopic (exact) mass is 477 g/mol. The maximum atomic E-state index is 13.6. The van der Waals surface area contributed by atoms with Crippen LogP contribution in [0.15, 0.2) is 52.2 Å². The molecule has 12 heteroatoms. The molecule has 0 radical (unpaired) electrons. The van der Waals surface area contributed by atoms with Gasteiger partial charge >= 0.3 is 0 Å². The average Bonchev–Trinajstić information content (AvgIpc) is 3.49. The number of halogens is 1. The molecule has 11 nitrogen and oxygen atoms in total. The van der Waals surface area contributed by atoms with Crippen molar-refractivity contribution in [1.82, 2.24) is 34.9 Å². The predicted molar refractivity (Wildman–Crippen MR) is 128 cm³/mol. The molecule has 5 aromatic rings. The molecule has 0 aliphatic heterocycles. The summed E-state index contributed by atoms with van der Waals surface area (Å²) in [6.07, 6.45) is 3.60. The van der Waals surface area contributed by atoms with Gasteiger partial charge in [-0.25, -0.2) is 9.97 Å². The van der Waals surface area contributed by atoms with E-state index in [-0.39, 0.29) is 23.3 Å². The summed E-state index contributed by atoms with van der Waals surface area (Å²) < 4.78 is 6.85. The number of H-pyrrole nitrogens is 1. The highest BCUT2D eigenvalue weighted by Crippen LogP contribution is 2.33. The zero-order chi connectivity index (χ0) is 23.8. The summed E-state index contributed by atoms with van der Waals surface area (Å²) in [6.45, 7) is 3.69. The van der Waals surface area contributed by atoms with Crippen molar-refractivity contribution in [3.8, 4) is 17.3 Å². The number of nitrogen functional groups attached to an aromatic ring is 1. The van der Waals surface area contributed by atoms with Gasteiger partial charge in [0, 0.05) is 12.3 Å². The van der Waals surface area contributed by atoms with Crippen LogP contribution >= 0.6 is 11.6 Å². The highest BCUT2D eigenvalue weighted by Gasteiger charge is 2.24. The molecule has 4 heterocycles. The quantitative estimate of drug-likeness (QED) is 0.332. The zero-order valence-corrected chi connectivity index (χ0v) is 19.0. The molecule has 0 unspecified atom stereocenters. The van der Waals surface area contributed by atoms with Crippen LogP contribution in [-0.2, 0) is 0 Å². The van der Waals surface area contributed by atoms with Crippen molar-refractivity contribution >= 4 is 34.0 Å². The molecule has 5 rings (SSSR count). The minimum Gasteiger partial charge on any atom is -0.383 e. The molecule has 34 heavy (non-hydrogen) atoms. The molecule has 0 aliphatic rings. The topological polar surface area (TPSA) is 153 Å². The number of nitrogens with two attached hydrogens (primary N) is 1. The van der Waals surface area contributed by atoms with Gasteiger partial charge in [0.2, 0.25) is 0 Å². The standard InChI is InChI=1S/C22H20ClN9O2/c1-3-14(29-20-18(19(24)25-10-26-20)21-28-11(2)31-34-21)15-9-12-5-4-6-13(23)17(12)22(33)32(15)16-7-8-27-30-16/h4-10,14H,3H2,1-2H3,(H,27,30)(H3,24,25,26,29)/t14-/m0/s1. The van der Waals surface area contributed by atoms with Crippen molar-refractivity contribution in [1.29, 1.82) is 0 Å². The van der Waals surface area contributed by atoms with E-state index in [1.807, 2.05) is 25.1 Å². The number of aromatic nitrogens is 7.